The Kier molecular flexibility index (Phi) is 4.10. The molecule has 0 N–H and O–H groups in total. The van der Waals surface area contributed by atoms with E-state index in [4.69, 9.17) is 11.6 Å². The molecule has 0 aliphatic carbocycles. The summed E-state index contributed by atoms with van der Waals surface area (Å²) < 4.78 is 0. The number of rotatable bonds is 2. The summed E-state index contributed by atoms with van der Waals surface area (Å²) in [5, 5.41) is 0. The topological polar surface area (TPSA) is 20.3 Å². The second-order valence-corrected chi connectivity index (χ2v) is 6.30. The summed E-state index contributed by atoms with van der Waals surface area (Å²) >= 11 is 7.45. The van der Waals surface area contributed by atoms with Crippen LogP contribution in [0.15, 0.2) is 6.07 Å². The fourth-order valence-electron chi connectivity index (χ4n) is 2.12. The normalized spacial score (nSPS) is 17.5. The summed E-state index contributed by atoms with van der Waals surface area (Å²) in [7, 11) is 0. The van der Waals surface area contributed by atoms with Gasteiger partial charge in [0.2, 0.25) is 0 Å². The average Bonchev–Trinajstić information content (AvgIpc) is 2.69. The second kappa shape index (κ2) is 5.40. The summed E-state index contributed by atoms with van der Waals surface area (Å²) in [6, 6.07) is 2.01. The molecule has 0 spiro atoms. The van der Waals surface area contributed by atoms with Gasteiger partial charge in [-0.15, -0.1) is 22.9 Å². The number of amides is 1. The highest BCUT2D eigenvalue weighted by Crippen LogP contribution is 2.25. The van der Waals surface area contributed by atoms with Crippen molar-refractivity contribution >= 4 is 28.8 Å². The van der Waals surface area contributed by atoms with Gasteiger partial charge in [-0.25, -0.2) is 0 Å². The molecule has 94 valence electrons. The van der Waals surface area contributed by atoms with Crippen LogP contribution in [0.2, 0.25) is 0 Å². The maximum atomic E-state index is 12.3. The van der Waals surface area contributed by atoms with Gasteiger partial charge in [-0.2, -0.15) is 0 Å². The smallest absolute Gasteiger partial charge is 0.263 e. The quantitative estimate of drug-likeness (QED) is 0.755. The number of piperidine rings is 1. The summed E-state index contributed by atoms with van der Waals surface area (Å²) in [6.07, 6.45) is 2.08. The number of carbonyl (C=O) groups excluding carboxylic acids is 1. The Bertz CT molecular complexity index is 388. The van der Waals surface area contributed by atoms with Crippen molar-refractivity contribution in [3.05, 3.63) is 21.4 Å². The minimum Gasteiger partial charge on any atom is -0.338 e. The Labute approximate surface area is 112 Å². The predicted molar refractivity (Wildman–Crippen MR) is 73.1 cm³/mol. The lowest BCUT2D eigenvalue weighted by atomic mass is 9.99. The van der Waals surface area contributed by atoms with Gasteiger partial charge in [0.05, 0.1) is 4.88 Å². The van der Waals surface area contributed by atoms with Crippen molar-refractivity contribution in [2.45, 2.75) is 26.7 Å². The molecule has 4 heteroatoms. The second-order valence-electron chi connectivity index (χ2n) is 4.74. The van der Waals surface area contributed by atoms with Gasteiger partial charge in [0.25, 0.3) is 5.91 Å². The molecular weight excluding hydrogens is 254 g/mol. The molecule has 0 unspecified atom stereocenters. The summed E-state index contributed by atoms with van der Waals surface area (Å²) in [5.41, 5.74) is 1.22. The molecule has 2 rings (SSSR count). The van der Waals surface area contributed by atoms with Gasteiger partial charge >= 0.3 is 0 Å². The molecule has 1 amide bonds. The van der Waals surface area contributed by atoms with Gasteiger partial charge in [0.15, 0.2) is 0 Å². The third kappa shape index (κ3) is 2.83. The number of hydrogen-bond donors (Lipinski definition) is 0. The number of thiophene rings is 1. The van der Waals surface area contributed by atoms with Crippen LogP contribution in [0, 0.1) is 19.8 Å². The average molecular weight is 272 g/mol. The number of nitrogens with zero attached hydrogens (tertiary/aromatic N) is 1. The predicted octanol–water partition coefficient (Wildman–Crippen LogP) is 3.46. The number of halogens is 1. The first kappa shape index (κ1) is 12.9. The van der Waals surface area contributed by atoms with Crippen molar-refractivity contribution in [1.82, 2.24) is 4.90 Å². The Morgan fingerprint density at radius 3 is 2.59 bits per heavy atom. The monoisotopic (exact) mass is 271 g/mol. The van der Waals surface area contributed by atoms with E-state index in [2.05, 4.69) is 13.8 Å². The zero-order valence-electron chi connectivity index (χ0n) is 10.3. The first-order valence-corrected chi connectivity index (χ1v) is 7.39. The van der Waals surface area contributed by atoms with Gasteiger partial charge in [0, 0.05) is 23.8 Å². The van der Waals surface area contributed by atoms with Crippen molar-refractivity contribution in [2.75, 3.05) is 19.0 Å². The van der Waals surface area contributed by atoms with Crippen LogP contribution in [0.25, 0.3) is 0 Å². The van der Waals surface area contributed by atoms with E-state index in [9.17, 15) is 4.79 Å². The highest BCUT2D eigenvalue weighted by atomic mass is 35.5. The Morgan fingerprint density at radius 1 is 1.47 bits per heavy atom. The zero-order chi connectivity index (χ0) is 12.4. The van der Waals surface area contributed by atoms with Gasteiger partial charge in [-0.05, 0) is 44.2 Å². The zero-order valence-corrected chi connectivity index (χ0v) is 11.9. The van der Waals surface area contributed by atoms with E-state index in [-0.39, 0.29) is 5.91 Å². The van der Waals surface area contributed by atoms with Crippen molar-refractivity contribution in [2.24, 2.45) is 5.92 Å². The van der Waals surface area contributed by atoms with E-state index >= 15 is 0 Å². The summed E-state index contributed by atoms with van der Waals surface area (Å²) in [6.45, 7) is 5.83. The van der Waals surface area contributed by atoms with Crippen LogP contribution in [-0.2, 0) is 0 Å². The lowest BCUT2D eigenvalue weighted by Crippen LogP contribution is -2.38. The van der Waals surface area contributed by atoms with Crippen LogP contribution in [0.3, 0.4) is 0 Å². The van der Waals surface area contributed by atoms with Gasteiger partial charge < -0.3 is 4.90 Å². The van der Waals surface area contributed by atoms with E-state index in [1.54, 1.807) is 11.3 Å². The summed E-state index contributed by atoms with van der Waals surface area (Å²) in [4.78, 5) is 16.3. The molecule has 0 saturated carbocycles. The Morgan fingerprint density at radius 2 is 2.12 bits per heavy atom. The summed E-state index contributed by atoms with van der Waals surface area (Å²) in [5.74, 6) is 1.51. The van der Waals surface area contributed by atoms with E-state index in [1.807, 2.05) is 11.0 Å². The number of alkyl halides is 1. The van der Waals surface area contributed by atoms with Gasteiger partial charge in [0.1, 0.15) is 0 Å². The third-order valence-corrected chi connectivity index (χ3v) is 5.07. The molecule has 1 aliphatic heterocycles. The highest BCUT2D eigenvalue weighted by Gasteiger charge is 2.24. The SMILES string of the molecule is Cc1cc(C(=O)N2CCC(CCl)CC2)sc1C. The molecule has 1 fully saturated rings. The molecule has 1 aromatic heterocycles. The molecule has 0 aromatic carbocycles. The van der Waals surface area contributed by atoms with Crippen LogP contribution < -0.4 is 0 Å². The number of likely N-dealkylation sites (tertiary alicyclic amines) is 1. The minimum atomic E-state index is 0.194. The maximum absolute atomic E-state index is 12.3. The van der Waals surface area contributed by atoms with Crippen molar-refractivity contribution in [1.29, 1.82) is 0 Å². The molecule has 2 nitrogen and oxygen atoms in total. The first-order valence-electron chi connectivity index (χ1n) is 6.04. The molecule has 2 heterocycles. The highest BCUT2D eigenvalue weighted by molar-refractivity contribution is 7.14. The number of aryl methyl sites for hydroxylation is 2. The lowest BCUT2D eigenvalue weighted by molar-refractivity contribution is 0.0703. The number of hydrogen-bond acceptors (Lipinski definition) is 2. The van der Waals surface area contributed by atoms with Crippen molar-refractivity contribution < 1.29 is 4.79 Å². The molecule has 0 atom stereocenters. The van der Waals surface area contributed by atoms with Crippen LogP contribution >= 0.6 is 22.9 Å². The third-order valence-electron chi connectivity index (χ3n) is 3.50. The lowest BCUT2D eigenvalue weighted by Gasteiger charge is -2.30. The van der Waals surface area contributed by atoms with Crippen LogP contribution in [0.1, 0.15) is 33.0 Å². The van der Waals surface area contributed by atoms with Crippen LogP contribution in [0.4, 0.5) is 0 Å². The van der Waals surface area contributed by atoms with Crippen LogP contribution in [0.5, 0.6) is 0 Å². The van der Waals surface area contributed by atoms with E-state index in [1.165, 1.54) is 10.4 Å². The fraction of sp³-hybridized carbons (Fsp3) is 0.615. The maximum Gasteiger partial charge on any atom is 0.263 e. The fourth-order valence-corrected chi connectivity index (χ4v) is 3.44. The Hall–Kier alpha value is -0.540. The largest absolute Gasteiger partial charge is 0.338 e. The first-order chi connectivity index (χ1) is 8.11. The van der Waals surface area contributed by atoms with Gasteiger partial charge in [-0.3, -0.25) is 4.79 Å². The molecule has 17 heavy (non-hydrogen) atoms. The molecule has 0 radical (unpaired) electrons. The van der Waals surface area contributed by atoms with E-state index in [0.29, 0.717) is 5.92 Å². The van der Waals surface area contributed by atoms with E-state index < -0.39 is 0 Å². The molecule has 1 saturated heterocycles. The van der Waals surface area contributed by atoms with Gasteiger partial charge in [-0.1, -0.05) is 0 Å². The molecule has 1 aromatic rings. The Balaban J connectivity index is 2.01. The van der Waals surface area contributed by atoms with Crippen molar-refractivity contribution in [3.8, 4) is 0 Å². The minimum absolute atomic E-state index is 0.194. The van der Waals surface area contributed by atoms with Crippen LogP contribution in [-0.4, -0.2) is 29.8 Å². The molecular formula is C13H18ClNOS. The standard InChI is InChI=1S/C13H18ClNOS/c1-9-7-12(17-10(9)2)13(16)15-5-3-11(8-14)4-6-15/h7,11H,3-6,8H2,1-2H3. The van der Waals surface area contributed by atoms with Crippen molar-refractivity contribution in [3.63, 3.8) is 0 Å². The number of carbonyl (C=O) groups is 1. The molecule has 0 bridgehead atoms. The van der Waals surface area contributed by atoms with E-state index in [0.717, 1.165) is 36.7 Å². The molecule has 1 aliphatic rings.